The van der Waals surface area contributed by atoms with Crippen molar-refractivity contribution in [3.05, 3.63) is 99.1 Å². The van der Waals surface area contributed by atoms with Crippen LogP contribution in [-0.2, 0) is 19.2 Å². The standard InChI is InChI=1S/C34H26Cl2F2N2O5/c1-15-6-7-16(12-23(15)35)39-30(42)19-10-9-18-21(27(19)32(39)44)14-22-31(43)40(17-8-11-25(37)24(36)13-17)33(45)34(22,2)28(18)20-4-3-5-26(38)29(20)41/h3-9,11-13,19,21-22,27-28,41H,10,14H2,1-2H3/t19-,21+,22-,27-,28+,34+/m0/s1. The molecule has 1 N–H and O–H groups in total. The summed E-state index contributed by atoms with van der Waals surface area (Å²) in [5.74, 6) is -8.66. The maximum atomic E-state index is 14.9. The number of hydrogen-bond acceptors (Lipinski definition) is 5. The summed E-state index contributed by atoms with van der Waals surface area (Å²) in [6, 6.07) is 12.4. The largest absolute Gasteiger partial charge is 0.505 e. The summed E-state index contributed by atoms with van der Waals surface area (Å²) in [5, 5.41) is 11.1. The Bertz CT molecular complexity index is 1900. The van der Waals surface area contributed by atoms with Crippen LogP contribution in [0.3, 0.4) is 0 Å². The van der Waals surface area contributed by atoms with Gasteiger partial charge in [-0.05, 0) is 74.6 Å². The first-order valence-corrected chi connectivity index (χ1v) is 15.3. The number of aromatic hydroxyl groups is 1. The topological polar surface area (TPSA) is 95.0 Å². The molecule has 11 heteroatoms. The third kappa shape index (κ3) is 4.06. The minimum Gasteiger partial charge on any atom is -0.505 e. The highest BCUT2D eigenvalue weighted by Gasteiger charge is 2.68. The second kappa shape index (κ2) is 10.2. The Balaban J connectivity index is 1.38. The fourth-order valence-corrected chi connectivity index (χ4v) is 8.32. The van der Waals surface area contributed by atoms with Gasteiger partial charge in [0.25, 0.3) is 0 Å². The molecule has 1 saturated carbocycles. The van der Waals surface area contributed by atoms with Crippen LogP contribution in [0.25, 0.3) is 0 Å². The summed E-state index contributed by atoms with van der Waals surface area (Å²) in [6.45, 7) is 3.41. The van der Waals surface area contributed by atoms with Gasteiger partial charge in [-0.1, -0.05) is 53.1 Å². The molecule has 3 aromatic rings. The number of phenols is 1. The number of allylic oxidation sites excluding steroid dienone is 2. The Labute approximate surface area is 267 Å². The van der Waals surface area contributed by atoms with Gasteiger partial charge in [-0.2, -0.15) is 0 Å². The second-order valence-corrected chi connectivity index (χ2v) is 13.2. The number of rotatable bonds is 3. The van der Waals surface area contributed by atoms with Crippen molar-refractivity contribution in [2.75, 3.05) is 9.80 Å². The van der Waals surface area contributed by atoms with Gasteiger partial charge < -0.3 is 5.11 Å². The minimum atomic E-state index is -1.52. The molecule has 230 valence electrons. The molecule has 3 fully saturated rings. The van der Waals surface area contributed by atoms with Gasteiger partial charge in [0.1, 0.15) is 5.82 Å². The predicted molar refractivity (Wildman–Crippen MR) is 163 cm³/mol. The van der Waals surface area contributed by atoms with Crippen molar-refractivity contribution in [3.8, 4) is 5.75 Å². The van der Waals surface area contributed by atoms with E-state index in [2.05, 4.69) is 0 Å². The van der Waals surface area contributed by atoms with Gasteiger partial charge >= 0.3 is 0 Å². The number of phenolic OH excluding ortho intramolecular Hbond substituents is 1. The molecule has 6 atom stereocenters. The number of halogens is 4. The first-order chi connectivity index (χ1) is 21.4. The quantitative estimate of drug-likeness (QED) is 0.251. The van der Waals surface area contributed by atoms with Crippen molar-refractivity contribution in [1.82, 2.24) is 0 Å². The van der Waals surface area contributed by atoms with E-state index in [4.69, 9.17) is 23.2 Å². The first-order valence-electron chi connectivity index (χ1n) is 14.5. The fourth-order valence-electron chi connectivity index (χ4n) is 7.97. The maximum Gasteiger partial charge on any atom is 0.241 e. The Hall–Kier alpha value is -4.08. The first kappa shape index (κ1) is 29.6. The zero-order chi connectivity index (χ0) is 32.1. The Morgan fingerprint density at radius 1 is 0.844 bits per heavy atom. The number of hydrogen-bond donors (Lipinski definition) is 1. The van der Waals surface area contributed by atoms with Crippen LogP contribution >= 0.6 is 23.2 Å². The van der Waals surface area contributed by atoms with E-state index in [0.717, 1.165) is 27.5 Å². The Morgan fingerprint density at radius 3 is 2.24 bits per heavy atom. The highest BCUT2D eigenvalue weighted by molar-refractivity contribution is 6.32. The molecule has 2 heterocycles. The number of imide groups is 2. The molecule has 0 unspecified atom stereocenters. The molecule has 3 aromatic carbocycles. The minimum absolute atomic E-state index is 0.0492. The van der Waals surface area contributed by atoms with Gasteiger partial charge in [0, 0.05) is 16.5 Å². The van der Waals surface area contributed by atoms with E-state index in [1.807, 2.05) is 0 Å². The van der Waals surface area contributed by atoms with E-state index >= 15 is 0 Å². The van der Waals surface area contributed by atoms with Crippen LogP contribution in [0.5, 0.6) is 5.75 Å². The lowest BCUT2D eigenvalue weighted by molar-refractivity contribution is -0.131. The number of carbonyl (C=O) groups is 4. The molecule has 0 radical (unpaired) electrons. The number of carbonyl (C=O) groups excluding carboxylic acids is 4. The van der Waals surface area contributed by atoms with Gasteiger partial charge in [-0.15, -0.1) is 0 Å². The summed E-state index contributed by atoms with van der Waals surface area (Å²) in [4.78, 5) is 58.6. The molecule has 2 aliphatic heterocycles. The molecule has 7 nitrogen and oxygen atoms in total. The zero-order valence-corrected chi connectivity index (χ0v) is 25.6. The molecule has 2 saturated heterocycles. The van der Waals surface area contributed by atoms with E-state index in [0.29, 0.717) is 16.3 Å². The monoisotopic (exact) mass is 650 g/mol. The summed E-state index contributed by atoms with van der Waals surface area (Å²) < 4.78 is 28.9. The number of benzene rings is 3. The van der Waals surface area contributed by atoms with Crippen molar-refractivity contribution in [2.45, 2.75) is 32.6 Å². The van der Waals surface area contributed by atoms with E-state index in [1.54, 1.807) is 38.1 Å². The van der Waals surface area contributed by atoms with Crippen molar-refractivity contribution in [2.24, 2.45) is 29.1 Å². The molecule has 0 aromatic heterocycles. The van der Waals surface area contributed by atoms with Crippen LogP contribution in [0.15, 0.2) is 66.2 Å². The SMILES string of the molecule is Cc1ccc(N2C(=O)[C@H]3[C@H](CC=C4[C@H]3C[C@H]3C(=O)N(c5ccc(F)c(Cl)c5)C(=O)[C@@]3(C)[C@H]4c3cccc(F)c3O)C2=O)cc1Cl. The maximum absolute atomic E-state index is 14.9. The number of anilines is 2. The Morgan fingerprint density at radius 2 is 1.53 bits per heavy atom. The van der Waals surface area contributed by atoms with Crippen LogP contribution in [0, 0.1) is 47.6 Å². The van der Waals surface area contributed by atoms with Gasteiger partial charge in [-0.3, -0.25) is 19.2 Å². The average molecular weight is 651 g/mol. The van der Waals surface area contributed by atoms with Gasteiger partial charge in [-0.25, -0.2) is 18.6 Å². The zero-order valence-electron chi connectivity index (χ0n) is 24.1. The van der Waals surface area contributed by atoms with Crippen molar-refractivity contribution < 1.29 is 33.1 Å². The molecule has 0 bridgehead atoms. The molecule has 2 aliphatic carbocycles. The molecular weight excluding hydrogens is 625 g/mol. The van der Waals surface area contributed by atoms with Crippen LogP contribution in [0.1, 0.15) is 36.8 Å². The van der Waals surface area contributed by atoms with Crippen LogP contribution in [0.2, 0.25) is 10.0 Å². The molecular formula is C34H26Cl2F2N2O5. The lowest BCUT2D eigenvalue weighted by Crippen LogP contribution is -2.49. The number of nitrogens with zero attached hydrogens (tertiary/aromatic N) is 2. The predicted octanol–water partition coefficient (Wildman–Crippen LogP) is 6.72. The van der Waals surface area contributed by atoms with Crippen molar-refractivity contribution >= 4 is 58.2 Å². The third-order valence-corrected chi connectivity index (χ3v) is 10.9. The number of para-hydroxylation sites is 1. The van der Waals surface area contributed by atoms with Crippen LogP contribution in [0.4, 0.5) is 20.2 Å². The summed E-state index contributed by atoms with van der Waals surface area (Å²) >= 11 is 12.4. The average Bonchev–Trinajstić information content (AvgIpc) is 3.37. The molecule has 4 aliphatic rings. The van der Waals surface area contributed by atoms with Crippen LogP contribution in [-0.4, -0.2) is 28.7 Å². The summed E-state index contributed by atoms with van der Waals surface area (Å²) in [6.07, 6.45) is 2.02. The highest BCUT2D eigenvalue weighted by atomic mass is 35.5. The smallest absolute Gasteiger partial charge is 0.241 e. The third-order valence-electron chi connectivity index (χ3n) is 10.2. The highest BCUT2D eigenvalue weighted by Crippen LogP contribution is 2.64. The molecule has 7 rings (SSSR count). The fraction of sp³-hybridized carbons (Fsp3) is 0.294. The lowest BCUT2D eigenvalue weighted by atomic mass is 9.51. The molecule has 0 spiro atoms. The van der Waals surface area contributed by atoms with Crippen molar-refractivity contribution in [1.29, 1.82) is 0 Å². The summed E-state index contributed by atoms with van der Waals surface area (Å²) in [5.41, 5.74) is 0.342. The Kier molecular flexibility index (Phi) is 6.73. The number of fused-ring (bicyclic) bond motifs is 4. The molecule has 45 heavy (non-hydrogen) atoms. The van der Waals surface area contributed by atoms with Gasteiger partial charge in [0.2, 0.25) is 23.6 Å². The number of amides is 4. The molecule has 4 amide bonds. The van der Waals surface area contributed by atoms with Crippen molar-refractivity contribution in [3.63, 3.8) is 0 Å². The second-order valence-electron chi connectivity index (χ2n) is 12.4. The van der Waals surface area contributed by atoms with Crippen LogP contribution < -0.4 is 9.80 Å². The lowest BCUT2D eigenvalue weighted by Gasteiger charge is -2.49. The van der Waals surface area contributed by atoms with E-state index < -0.39 is 76.0 Å². The van der Waals surface area contributed by atoms with E-state index in [-0.39, 0.29) is 29.1 Å². The number of aryl methyl sites for hydroxylation is 1. The summed E-state index contributed by atoms with van der Waals surface area (Å²) in [7, 11) is 0. The van der Waals surface area contributed by atoms with E-state index in [9.17, 15) is 33.1 Å². The normalized spacial score (nSPS) is 29.1. The van der Waals surface area contributed by atoms with E-state index in [1.165, 1.54) is 24.3 Å². The van der Waals surface area contributed by atoms with Gasteiger partial charge in [0.05, 0.1) is 39.6 Å². The van der Waals surface area contributed by atoms with Gasteiger partial charge in [0.15, 0.2) is 11.6 Å².